The van der Waals surface area contributed by atoms with Gasteiger partial charge in [-0.2, -0.15) is 13.2 Å². The highest BCUT2D eigenvalue weighted by Crippen LogP contribution is 2.34. The summed E-state index contributed by atoms with van der Waals surface area (Å²) in [6.45, 7) is 1.78. The number of alkyl halides is 3. The molecule has 0 radical (unpaired) electrons. The Bertz CT molecular complexity index is 365. The van der Waals surface area contributed by atoms with E-state index in [0.717, 1.165) is 4.90 Å². The Balaban J connectivity index is 2.82. The normalized spacial score (nSPS) is 18.6. The fourth-order valence-electron chi connectivity index (χ4n) is 1.52. The number of esters is 1. The van der Waals surface area contributed by atoms with E-state index in [1.54, 1.807) is 6.92 Å². The summed E-state index contributed by atoms with van der Waals surface area (Å²) in [5.74, 6) is -2.03. The minimum Gasteiger partial charge on any atom is -0.465 e. The van der Waals surface area contributed by atoms with Crippen molar-refractivity contribution in [2.45, 2.75) is 44.4 Å². The number of halogens is 3. The fourth-order valence-corrected chi connectivity index (χ4v) is 1.52. The van der Waals surface area contributed by atoms with E-state index in [4.69, 9.17) is 5.73 Å². The first-order valence-corrected chi connectivity index (χ1v) is 5.93. The van der Waals surface area contributed by atoms with E-state index in [-0.39, 0.29) is 12.6 Å². The highest BCUT2D eigenvalue weighted by atomic mass is 19.4. The van der Waals surface area contributed by atoms with Crippen molar-refractivity contribution in [3.63, 3.8) is 0 Å². The van der Waals surface area contributed by atoms with Crippen LogP contribution >= 0.6 is 0 Å². The lowest BCUT2D eigenvalue weighted by atomic mass is 10.0. The molecule has 110 valence electrons. The number of carbonyl (C=O) groups is 2. The lowest BCUT2D eigenvalue weighted by Crippen LogP contribution is -2.63. The third-order valence-electron chi connectivity index (χ3n) is 2.89. The summed E-state index contributed by atoms with van der Waals surface area (Å²) in [6, 6.07) is -0.359. The minimum absolute atomic E-state index is 0.102. The summed E-state index contributed by atoms with van der Waals surface area (Å²) < 4.78 is 42.8. The molecular formula is C11H17F3N2O3. The van der Waals surface area contributed by atoms with Crippen LogP contribution in [0.1, 0.15) is 26.7 Å². The van der Waals surface area contributed by atoms with Gasteiger partial charge in [0.25, 0.3) is 5.91 Å². The van der Waals surface area contributed by atoms with Crippen LogP contribution in [0, 0.1) is 0 Å². The molecule has 1 fully saturated rings. The molecule has 0 bridgehead atoms. The van der Waals surface area contributed by atoms with Crippen LogP contribution in [-0.2, 0) is 14.3 Å². The molecule has 1 saturated carbocycles. The average molecular weight is 282 g/mol. The first kappa shape index (κ1) is 15.7. The molecule has 2 N–H and O–H groups in total. The molecule has 1 unspecified atom stereocenters. The molecule has 1 rings (SSSR count). The van der Waals surface area contributed by atoms with Crippen molar-refractivity contribution in [3.05, 3.63) is 0 Å². The molecule has 0 spiro atoms. The van der Waals surface area contributed by atoms with Gasteiger partial charge < -0.3 is 15.4 Å². The van der Waals surface area contributed by atoms with E-state index in [9.17, 15) is 22.8 Å². The fraction of sp³-hybridized carbons (Fsp3) is 0.818. The number of amides is 1. The number of nitrogens with two attached hydrogens (primary N) is 1. The molecule has 0 aromatic carbocycles. The third-order valence-corrected chi connectivity index (χ3v) is 2.89. The first-order chi connectivity index (χ1) is 8.61. The van der Waals surface area contributed by atoms with Crippen molar-refractivity contribution in [2.75, 3.05) is 13.2 Å². The second-order valence-corrected chi connectivity index (χ2v) is 4.67. The molecule has 0 aromatic rings. The maximum atomic E-state index is 12.7. The van der Waals surface area contributed by atoms with Gasteiger partial charge in [0.1, 0.15) is 6.54 Å². The Kier molecular flexibility index (Phi) is 4.44. The topological polar surface area (TPSA) is 72.6 Å². The van der Waals surface area contributed by atoms with Crippen LogP contribution in [0.15, 0.2) is 0 Å². The Morgan fingerprint density at radius 1 is 1.37 bits per heavy atom. The lowest BCUT2D eigenvalue weighted by molar-refractivity contribution is -0.195. The van der Waals surface area contributed by atoms with Gasteiger partial charge in [-0.15, -0.1) is 0 Å². The van der Waals surface area contributed by atoms with Crippen LogP contribution in [0.3, 0.4) is 0 Å². The van der Waals surface area contributed by atoms with Gasteiger partial charge in [0.05, 0.1) is 6.61 Å². The number of hydrogen-bond acceptors (Lipinski definition) is 4. The van der Waals surface area contributed by atoms with Gasteiger partial charge in [0.2, 0.25) is 0 Å². The summed E-state index contributed by atoms with van der Waals surface area (Å²) in [4.78, 5) is 24.1. The second-order valence-electron chi connectivity index (χ2n) is 4.67. The van der Waals surface area contributed by atoms with Crippen molar-refractivity contribution in [2.24, 2.45) is 5.73 Å². The molecular weight excluding hydrogens is 265 g/mol. The van der Waals surface area contributed by atoms with Crippen molar-refractivity contribution < 1.29 is 27.5 Å². The molecule has 1 aliphatic rings. The van der Waals surface area contributed by atoms with E-state index < -0.39 is 30.1 Å². The van der Waals surface area contributed by atoms with Gasteiger partial charge in [0, 0.05) is 6.04 Å². The number of rotatable bonds is 5. The Hall–Kier alpha value is -1.31. The largest absolute Gasteiger partial charge is 0.465 e. The lowest BCUT2D eigenvalue weighted by Gasteiger charge is -2.32. The molecule has 1 atom stereocenters. The molecule has 1 aliphatic carbocycles. The van der Waals surface area contributed by atoms with E-state index in [2.05, 4.69) is 4.74 Å². The van der Waals surface area contributed by atoms with Crippen molar-refractivity contribution in [1.29, 1.82) is 0 Å². The van der Waals surface area contributed by atoms with E-state index >= 15 is 0 Å². The molecule has 8 heteroatoms. The minimum atomic E-state index is -4.87. The Morgan fingerprint density at radius 3 is 2.26 bits per heavy atom. The zero-order chi connectivity index (χ0) is 14.8. The SMILES string of the molecule is CCOC(=O)CN(C(=O)C(C)(N)C(F)(F)F)C1CC1. The highest BCUT2D eigenvalue weighted by Gasteiger charge is 2.57. The van der Waals surface area contributed by atoms with Gasteiger partial charge in [-0.1, -0.05) is 0 Å². The molecule has 5 nitrogen and oxygen atoms in total. The first-order valence-electron chi connectivity index (χ1n) is 5.93. The van der Waals surface area contributed by atoms with Gasteiger partial charge in [-0.3, -0.25) is 9.59 Å². The van der Waals surface area contributed by atoms with Crippen LogP contribution in [0.5, 0.6) is 0 Å². The maximum absolute atomic E-state index is 12.7. The van der Waals surface area contributed by atoms with E-state index in [0.29, 0.717) is 19.8 Å². The van der Waals surface area contributed by atoms with E-state index in [1.807, 2.05) is 0 Å². The standard InChI is InChI=1S/C11H17F3N2O3/c1-3-19-8(17)6-16(7-4-5-7)9(18)10(2,15)11(12,13)14/h7H,3-6,15H2,1-2H3. The summed E-state index contributed by atoms with van der Waals surface area (Å²) in [7, 11) is 0. The van der Waals surface area contributed by atoms with Crippen molar-refractivity contribution >= 4 is 11.9 Å². The Morgan fingerprint density at radius 2 is 1.89 bits per heavy atom. The molecule has 0 aromatic heterocycles. The summed E-state index contributed by atoms with van der Waals surface area (Å²) in [6.07, 6.45) is -3.73. The number of ether oxygens (including phenoxy) is 1. The van der Waals surface area contributed by atoms with Gasteiger partial charge in [0.15, 0.2) is 5.54 Å². The number of nitrogens with zero attached hydrogens (tertiary/aromatic N) is 1. The van der Waals surface area contributed by atoms with Crippen molar-refractivity contribution in [1.82, 2.24) is 4.90 Å². The monoisotopic (exact) mass is 282 g/mol. The molecule has 1 amide bonds. The predicted octanol–water partition coefficient (Wildman–Crippen LogP) is 0.820. The van der Waals surface area contributed by atoms with Crippen molar-refractivity contribution in [3.8, 4) is 0 Å². The van der Waals surface area contributed by atoms with Crippen LogP contribution in [-0.4, -0.2) is 47.7 Å². The zero-order valence-electron chi connectivity index (χ0n) is 10.8. The van der Waals surface area contributed by atoms with Crippen LogP contribution in [0.2, 0.25) is 0 Å². The van der Waals surface area contributed by atoms with Crippen LogP contribution in [0.4, 0.5) is 13.2 Å². The predicted molar refractivity (Wildman–Crippen MR) is 60.0 cm³/mol. The number of hydrogen-bond donors (Lipinski definition) is 1. The van der Waals surface area contributed by atoms with E-state index in [1.165, 1.54) is 0 Å². The third kappa shape index (κ3) is 3.59. The smallest absolute Gasteiger partial charge is 0.415 e. The zero-order valence-corrected chi connectivity index (χ0v) is 10.8. The maximum Gasteiger partial charge on any atom is 0.415 e. The molecule has 0 saturated heterocycles. The van der Waals surface area contributed by atoms with Crippen LogP contribution < -0.4 is 5.73 Å². The van der Waals surface area contributed by atoms with Gasteiger partial charge in [-0.25, -0.2) is 0 Å². The molecule has 19 heavy (non-hydrogen) atoms. The second kappa shape index (κ2) is 5.36. The Labute approximate surface area is 108 Å². The highest BCUT2D eigenvalue weighted by molar-refractivity contribution is 5.90. The van der Waals surface area contributed by atoms with Crippen LogP contribution in [0.25, 0.3) is 0 Å². The summed E-state index contributed by atoms with van der Waals surface area (Å²) in [5, 5.41) is 0. The summed E-state index contributed by atoms with van der Waals surface area (Å²) >= 11 is 0. The molecule has 0 heterocycles. The quantitative estimate of drug-likeness (QED) is 0.758. The molecule has 0 aliphatic heterocycles. The van der Waals surface area contributed by atoms with Gasteiger partial charge in [-0.05, 0) is 26.7 Å². The summed E-state index contributed by atoms with van der Waals surface area (Å²) in [5.41, 5.74) is 2.09. The van der Waals surface area contributed by atoms with Gasteiger partial charge >= 0.3 is 12.1 Å². The number of carbonyl (C=O) groups excluding carboxylic acids is 2. The average Bonchev–Trinajstić information content (AvgIpc) is 3.07.